The van der Waals surface area contributed by atoms with E-state index in [0.29, 0.717) is 12.6 Å². The molecule has 5 nitrogen and oxygen atoms in total. The third-order valence-electron chi connectivity index (χ3n) is 3.98. The highest BCUT2D eigenvalue weighted by molar-refractivity contribution is 5.25. The van der Waals surface area contributed by atoms with Crippen LogP contribution in [0.15, 0.2) is 0 Å². The van der Waals surface area contributed by atoms with Crippen LogP contribution in [0.1, 0.15) is 28.8 Å². The fourth-order valence-electron chi connectivity index (χ4n) is 2.71. The molecule has 2 heterocycles. The van der Waals surface area contributed by atoms with Crippen LogP contribution in [-0.2, 0) is 6.42 Å². The number of nitrogens with two attached hydrogens (primary N) is 1. The second-order valence-electron chi connectivity index (χ2n) is 5.53. The molecule has 0 aliphatic carbocycles. The molecule has 2 rings (SSSR count). The summed E-state index contributed by atoms with van der Waals surface area (Å²) in [7, 11) is 4.31. The van der Waals surface area contributed by atoms with Crippen molar-refractivity contribution in [2.24, 2.45) is 5.73 Å². The number of hydrogen-bond acceptors (Lipinski definition) is 5. The molecule has 1 aliphatic heterocycles. The number of hydrogen-bond donors (Lipinski definition) is 1. The van der Waals surface area contributed by atoms with Crippen LogP contribution in [0, 0.1) is 13.8 Å². The second-order valence-corrected chi connectivity index (χ2v) is 5.53. The molecule has 1 fully saturated rings. The largest absolute Gasteiger partial charge is 0.330 e. The van der Waals surface area contributed by atoms with Gasteiger partial charge in [-0.2, -0.15) is 0 Å². The maximum Gasteiger partial charge on any atom is 0.147 e. The minimum absolute atomic E-state index is 0.295. The second kappa shape index (κ2) is 5.94. The predicted molar refractivity (Wildman–Crippen MR) is 77.1 cm³/mol. The number of nitrogens with zero attached hydrogens (tertiary/aromatic N) is 4. The Kier molecular flexibility index (Phi) is 4.50. The van der Waals surface area contributed by atoms with E-state index in [1.165, 1.54) is 5.56 Å². The topological polar surface area (TPSA) is 58.3 Å². The van der Waals surface area contributed by atoms with Gasteiger partial charge in [0.25, 0.3) is 0 Å². The van der Waals surface area contributed by atoms with Crippen LogP contribution in [0.25, 0.3) is 0 Å². The molecule has 0 spiro atoms. The summed E-state index contributed by atoms with van der Waals surface area (Å²) in [6, 6.07) is 0.295. The molecule has 19 heavy (non-hydrogen) atoms. The van der Waals surface area contributed by atoms with Crippen LogP contribution in [0.3, 0.4) is 0 Å². The Morgan fingerprint density at radius 1 is 1.16 bits per heavy atom. The number of aryl methyl sites for hydroxylation is 2. The molecule has 2 N–H and O–H groups in total. The third kappa shape index (κ3) is 3.11. The summed E-state index contributed by atoms with van der Waals surface area (Å²) in [4.78, 5) is 14.1. The van der Waals surface area contributed by atoms with E-state index in [4.69, 9.17) is 15.7 Å². The van der Waals surface area contributed by atoms with E-state index in [1.807, 2.05) is 0 Å². The number of piperazine rings is 1. The summed E-state index contributed by atoms with van der Waals surface area (Å²) in [6.45, 7) is 7.94. The normalized spacial score (nSPS) is 21.8. The van der Waals surface area contributed by atoms with Crippen molar-refractivity contribution in [3.63, 3.8) is 0 Å². The maximum absolute atomic E-state index is 5.65. The SMILES string of the molecule is Cc1nc(C2CN(C)CCN2C)nc(C)c1CCN. The molecule has 0 bridgehead atoms. The van der Waals surface area contributed by atoms with Crippen LogP contribution >= 0.6 is 0 Å². The van der Waals surface area contributed by atoms with Crippen LogP contribution < -0.4 is 5.73 Å². The average Bonchev–Trinajstić information content (AvgIpc) is 2.36. The van der Waals surface area contributed by atoms with Crippen molar-refractivity contribution >= 4 is 0 Å². The average molecular weight is 263 g/mol. The molecule has 5 heteroatoms. The van der Waals surface area contributed by atoms with Gasteiger partial charge in [-0.3, -0.25) is 4.90 Å². The van der Waals surface area contributed by atoms with Crippen molar-refractivity contribution in [1.82, 2.24) is 19.8 Å². The van der Waals surface area contributed by atoms with E-state index in [-0.39, 0.29) is 0 Å². The summed E-state index contributed by atoms with van der Waals surface area (Å²) in [5.41, 5.74) is 9.01. The van der Waals surface area contributed by atoms with Gasteiger partial charge in [0.1, 0.15) is 5.82 Å². The third-order valence-corrected chi connectivity index (χ3v) is 3.98. The summed E-state index contributed by atoms with van der Waals surface area (Å²) >= 11 is 0. The van der Waals surface area contributed by atoms with Gasteiger partial charge in [0.15, 0.2) is 0 Å². The first-order valence-corrected chi connectivity index (χ1v) is 6.95. The Labute approximate surface area is 115 Å². The molecule has 1 aromatic heterocycles. The number of aromatic nitrogens is 2. The molecule has 1 saturated heterocycles. The molecule has 1 aliphatic rings. The predicted octanol–water partition coefficient (Wildman–Crippen LogP) is 0.513. The zero-order valence-corrected chi connectivity index (χ0v) is 12.5. The lowest BCUT2D eigenvalue weighted by atomic mass is 10.1. The van der Waals surface area contributed by atoms with E-state index in [0.717, 1.165) is 43.3 Å². The van der Waals surface area contributed by atoms with Gasteiger partial charge in [-0.25, -0.2) is 9.97 Å². The summed E-state index contributed by atoms with van der Waals surface area (Å²) in [6.07, 6.45) is 0.859. The summed E-state index contributed by atoms with van der Waals surface area (Å²) in [5, 5.41) is 0. The monoisotopic (exact) mass is 263 g/mol. The van der Waals surface area contributed by atoms with E-state index in [2.05, 4.69) is 37.7 Å². The Hall–Kier alpha value is -1.04. The van der Waals surface area contributed by atoms with Crippen LogP contribution in [0.2, 0.25) is 0 Å². The van der Waals surface area contributed by atoms with Crippen LogP contribution in [0.4, 0.5) is 0 Å². The van der Waals surface area contributed by atoms with Crippen molar-refractivity contribution in [3.05, 3.63) is 22.8 Å². The summed E-state index contributed by atoms with van der Waals surface area (Å²) in [5.74, 6) is 0.949. The van der Waals surface area contributed by atoms with Gasteiger partial charge in [0, 0.05) is 31.0 Å². The molecule has 0 saturated carbocycles. The highest BCUT2D eigenvalue weighted by Gasteiger charge is 2.26. The highest BCUT2D eigenvalue weighted by atomic mass is 15.3. The molecule has 0 aromatic carbocycles. The Morgan fingerprint density at radius 3 is 2.37 bits per heavy atom. The van der Waals surface area contributed by atoms with Gasteiger partial charge >= 0.3 is 0 Å². The van der Waals surface area contributed by atoms with E-state index >= 15 is 0 Å². The Morgan fingerprint density at radius 2 is 1.79 bits per heavy atom. The Bertz CT molecular complexity index is 422. The van der Waals surface area contributed by atoms with Crippen molar-refractivity contribution in [3.8, 4) is 0 Å². The lowest BCUT2D eigenvalue weighted by Gasteiger charge is -2.36. The van der Waals surface area contributed by atoms with Crippen molar-refractivity contribution in [2.45, 2.75) is 26.3 Å². The smallest absolute Gasteiger partial charge is 0.147 e. The van der Waals surface area contributed by atoms with Crippen LogP contribution in [-0.4, -0.2) is 60.0 Å². The van der Waals surface area contributed by atoms with E-state index in [1.54, 1.807) is 0 Å². The minimum Gasteiger partial charge on any atom is -0.330 e. The van der Waals surface area contributed by atoms with Gasteiger partial charge in [0.2, 0.25) is 0 Å². The van der Waals surface area contributed by atoms with Gasteiger partial charge < -0.3 is 10.6 Å². The van der Waals surface area contributed by atoms with Crippen molar-refractivity contribution in [1.29, 1.82) is 0 Å². The molecule has 0 radical (unpaired) electrons. The van der Waals surface area contributed by atoms with Crippen LogP contribution in [0.5, 0.6) is 0 Å². The van der Waals surface area contributed by atoms with Crippen molar-refractivity contribution < 1.29 is 0 Å². The molecule has 106 valence electrons. The molecule has 0 amide bonds. The molecule has 1 unspecified atom stereocenters. The maximum atomic E-state index is 5.65. The first-order valence-electron chi connectivity index (χ1n) is 6.95. The molecular weight excluding hydrogens is 238 g/mol. The van der Waals surface area contributed by atoms with E-state index in [9.17, 15) is 0 Å². The standard InChI is InChI=1S/C14H25N5/c1-10-12(5-6-15)11(2)17-14(16-10)13-9-18(3)7-8-19(13)4/h13H,5-9,15H2,1-4H3. The number of rotatable bonds is 3. The lowest BCUT2D eigenvalue weighted by Crippen LogP contribution is -2.45. The Balaban J connectivity index is 2.29. The molecule has 1 atom stereocenters. The minimum atomic E-state index is 0.295. The molecular formula is C14H25N5. The summed E-state index contributed by atoms with van der Waals surface area (Å²) < 4.78 is 0. The van der Waals surface area contributed by atoms with Gasteiger partial charge in [-0.1, -0.05) is 0 Å². The van der Waals surface area contributed by atoms with Crippen molar-refractivity contribution in [2.75, 3.05) is 40.3 Å². The zero-order valence-electron chi connectivity index (χ0n) is 12.5. The van der Waals surface area contributed by atoms with Gasteiger partial charge in [-0.15, -0.1) is 0 Å². The number of likely N-dealkylation sites (N-methyl/N-ethyl adjacent to an activating group) is 2. The zero-order chi connectivity index (χ0) is 14.0. The fraction of sp³-hybridized carbons (Fsp3) is 0.714. The van der Waals surface area contributed by atoms with Gasteiger partial charge in [-0.05, 0) is 46.5 Å². The van der Waals surface area contributed by atoms with Gasteiger partial charge in [0.05, 0.1) is 6.04 Å². The van der Waals surface area contributed by atoms with E-state index < -0.39 is 0 Å². The quantitative estimate of drug-likeness (QED) is 0.861. The highest BCUT2D eigenvalue weighted by Crippen LogP contribution is 2.22. The first kappa shape index (κ1) is 14.4. The first-order chi connectivity index (χ1) is 9.02. The lowest BCUT2D eigenvalue weighted by molar-refractivity contribution is 0.109. The molecule has 1 aromatic rings. The fourth-order valence-corrected chi connectivity index (χ4v) is 2.71.